The van der Waals surface area contributed by atoms with E-state index < -0.39 is 0 Å². The third-order valence-electron chi connectivity index (χ3n) is 3.45. The lowest BCUT2D eigenvalue weighted by molar-refractivity contribution is 0.0937. The molecule has 1 nitrogen and oxygen atoms in total. The Labute approximate surface area is 115 Å². The minimum Gasteiger partial charge on any atom is -0.388 e. The topological polar surface area (TPSA) is 20.2 Å². The number of hydrogen-bond acceptors (Lipinski definition) is 2. The van der Waals surface area contributed by atoms with Gasteiger partial charge in [-0.05, 0) is 50.2 Å². The molecule has 0 saturated carbocycles. The van der Waals surface area contributed by atoms with Crippen LogP contribution >= 0.6 is 27.3 Å². The van der Waals surface area contributed by atoms with Gasteiger partial charge in [-0.15, -0.1) is 11.3 Å². The third kappa shape index (κ3) is 2.42. The zero-order chi connectivity index (χ0) is 12.6. The molecule has 2 unspecified atom stereocenters. The summed E-state index contributed by atoms with van der Waals surface area (Å²) in [6, 6.07) is 6.15. The van der Waals surface area contributed by atoms with E-state index >= 15 is 0 Å². The Balaban J connectivity index is 2.46. The Bertz CT molecular complexity index is 518. The quantitative estimate of drug-likeness (QED) is 0.846. The van der Waals surface area contributed by atoms with Gasteiger partial charge in [0.05, 0.1) is 6.10 Å². The molecule has 1 aromatic carbocycles. The van der Waals surface area contributed by atoms with Crippen molar-refractivity contribution in [1.82, 2.24) is 0 Å². The first-order valence-electron chi connectivity index (χ1n) is 5.86. The van der Waals surface area contributed by atoms with Gasteiger partial charge in [0, 0.05) is 9.17 Å². The van der Waals surface area contributed by atoms with Gasteiger partial charge < -0.3 is 5.11 Å². The minimum absolute atomic E-state index is 0.270. The molecule has 0 saturated heterocycles. The Kier molecular flexibility index (Phi) is 3.91. The third-order valence-corrected chi connectivity index (χ3v) is 5.42. The van der Waals surface area contributed by atoms with E-state index in [0.717, 1.165) is 10.0 Å². The average Bonchev–Trinajstić information content (AvgIpc) is 2.72. The lowest BCUT2D eigenvalue weighted by Crippen LogP contribution is -2.14. The van der Waals surface area contributed by atoms with Gasteiger partial charge in [0.25, 0.3) is 0 Å². The van der Waals surface area contributed by atoms with E-state index in [9.17, 15) is 5.11 Å². The molecular weight excluding hydrogens is 296 g/mol. The van der Waals surface area contributed by atoms with Crippen molar-refractivity contribution in [2.45, 2.75) is 26.9 Å². The molecule has 2 rings (SSSR count). The van der Waals surface area contributed by atoms with Crippen molar-refractivity contribution in [3.63, 3.8) is 0 Å². The highest BCUT2D eigenvalue weighted by atomic mass is 79.9. The van der Waals surface area contributed by atoms with Crippen LogP contribution in [0.5, 0.6) is 0 Å². The summed E-state index contributed by atoms with van der Waals surface area (Å²) in [6.07, 6.45) is -0.377. The van der Waals surface area contributed by atoms with E-state index in [4.69, 9.17) is 0 Å². The van der Waals surface area contributed by atoms with Gasteiger partial charge in [-0.2, -0.15) is 0 Å². The maximum atomic E-state index is 10.4. The number of halogens is 1. The molecule has 1 heterocycles. The molecule has 3 heteroatoms. The van der Waals surface area contributed by atoms with Crippen LogP contribution < -0.4 is 0 Å². The van der Waals surface area contributed by atoms with Gasteiger partial charge in [-0.1, -0.05) is 32.9 Å². The molecule has 2 atom stereocenters. The van der Waals surface area contributed by atoms with Crippen LogP contribution in [0.2, 0.25) is 0 Å². The van der Waals surface area contributed by atoms with Crippen LogP contribution in [0.25, 0.3) is 10.1 Å². The van der Waals surface area contributed by atoms with E-state index in [-0.39, 0.29) is 12.0 Å². The van der Waals surface area contributed by atoms with Crippen molar-refractivity contribution < 1.29 is 5.11 Å². The summed E-state index contributed by atoms with van der Waals surface area (Å²) in [4.78, 5) is 0. The number of benzene rings is 1. The normalized spacial score (nSPS) is 15.4. The fourth-order valence-corrected chi connectivity index (χ4v) is 3.57. The van der Waals surface area contributed by atoms with Crippen molar-refractivity contribution in [2.24, 2.45) is 11.8 Å². The van der Waals surface area contributed by atoms with Crippen LogP contribution in [-0.4, -0.2) is 5.11 Å². The van der Waals surface area contributed by atoms with Crippen LogP contribution in [0.15, 0.2) is 28.1 Å². The van der Waals surface area contributed by atoms with Crippen LogP contribution in [0.4, 0.5) is 0 Å². The number of aliphatic hydroxyl groups is 1. The van der Waals surface area contributed by atoms with E-state index in [1.54, 1.807) is 11.3 Å². The fourth-order valence-electron chi connectivity index (χ4n) is 1.92. The van der Waals surface area contributed by atoms with E-state index in [1.165, 1.54) is 10.1 Å². The second-order valence-corrected chi connectivity index (χ2v) is 6.59. The summed E-state index contributed by atoms with van der Waals surface area (Å²) in [5, 5.41) is 13.7. The predicted octanol–water partition coefficient (Wildman–Crippen LogP) is 4.99. The molecule has 0 amide bonds. The van der Waals surface area contributed by atoms with Gasteiger partial charge >= 0.3 is 0 Å². The molecule has 17 heavy (non-hydrogen) atoms. The number of rotatable bonds is 3. The monoisotopic (exact) mass is 312 g/mol. The molecule has 0 aliphatic heterocycles. The summed E-state index contributed by atoms with van der Waals surface area (Å²) in [5.41, 5.74) is 1.06. The summed E-state index contributed by atoms with van der Waals surface area (Å²) >= 11 is 5.25. The highest BCUT2D eigenvalue weighted by Crippen LogP contribution is 2.38. The molecule has 1 N–H and O–H groups in total. The molecule has 1 aromatic heterocycles. The van der Waals surface area contributed by atoms with E-state index in [1.807, 2.05) is 12.1 Å². The molecule has 0 fully saturated rings. The standard InChI is InChI=1S/C14H17BrOS/c1-8(2)9(3)13(16)11-7-17-14-10(11)5-4-6-12(14)15/h4-9,13,16H,1-3H3. The van der Waals surface area contributed by atoms with E-state index in [2.05, 4.69) is 48.1 Å². The van der Waals surface area contributed by atoms with Crippen molar-refractivity contribution in [3.05, 3.63) is 33.6 Å². The number of hydrogen-bond donors (Lipinski definition) is 1. The van der Waals surface area contributed by atoms with Crippen LogP contribution in [0.1, 0.15) is 32.4 Å². The number of aliphatic hydroxyl groups excluding tert-OH is 1. The molecule has 92 valence electrons. The Morgan fingerprint density at radius 3 is 2.59 bits per heavy atom. The number of thiophene rings is 1. The zero-order valence-electron chi connectivity index (χ0n) is 10.3. The molecule has 0 aliphatic rings. The summed E-state index contributed by atoms with van der Waals surface area (Å²) in [7, 11) is 0. The highest BCUT2D eigenvalue weighted by Gasteiger charge is 2.22. The van der Waals surface area contributed by atoms with Crippen molar-refractivity contribution in [2.75, 3.05) is 0 Å². The van der Waals surface area contributed by atoms with E-state index in [0.29, 0.717) is 5.92 Å². The molecular formula is C14H17BrOS. The average molecular weight is 313 g/mol. The van der Waals surface area contributed by atoms with Crippen LogP contribution in [-0.2, 0) is 0 Å². The van der Waals surface area contributed by atoms with Crippen LogP contribution in [0.3, 0.4) is 0 Å². The first-order chi connectivity index (χ1) is 8.02. The molecule has 0 aliphatic carbocycles. The van der Waals surface area contributed by atoms with Crippen molar-refractivity contribution in [1.29, 1.82) is 0 Å². The second kappa shape index (κ2) is 5.09. The first kappa shape index (κ1) is 13.1. The first-order valence-corrected chi connectivity index (χ1v) is 7.53. The summed E-state index contributed by atoms with van der Waals surface area (Å²) in [5.74, 6) is 0.749. The molecule has 0 radical (unpaired) electrons. The maximum absolute atomic E-state index is 10.4. The minimum atomic E-state index is -0.377. The smallest absolute Gasteiger partial charge is 0.0832 e. The Morgan fingerprint density at radius 1 is 1.24 bits per heavy atom. The van der Waals surface area contributed by atoms with Crippen molar-refractivity contribution >= 4 is 37.4 Å². The lowest BCUT2D eigenvalue weighted by atomic mass is 9.88. The van der Waals surface area contributed by atoms with Crippen LogP contribution in [0, 0.1) is 11.8 Å². The summed E-state index contributed by atoms with van der Waals surface area (Å²) in [6.45, 7) is 6.41. The fraction of sp³-hybridized carbons (Fsp3) is 0.429. The van der Waals surface area contributed by atoms with Gasteiger partial charge in [0.1, 0.15) is 0 Å². The second-order valence-electron chi connectivity index (χ2n) is 4.86. The molecule has 2 aromatic rings. The lowest BCUT2D eigenvalue weighted by Gasteiger charge is -2.22. The highest BCUT2D eigenvalue weighted by molar-refractivity contribution is 9.10. The Hall–Kier alpha value is -0.380. The predicted molar refractivity (Wildman–Crippen MR) is 78.5 cm³/mol. The molecule has 0 spiro atoms. The Morgan fingerprint density at radius 2 is 1.94 bits per heavy atom. The number of fused-ring (bicyclic) bond motifs is 1. The largest absolute Gasteiger partial charge is 0.388 e. The van der Waals surface area contributed by atoms with Crippen molar-refractivity contribution in [3.8, 4) is 0 Å². The van der Waals surface area contributed by atoms with Gasteiger partial charge in [0.15, 0.2) is 0 Å². The van der Waals surface area contributed by atoms with Gasteiger partial charge in [-0.25, -0.2) is 0 Å². The van der Waals surface area contributed by atoms with Gasteiger partial charge in [-0.3, -0.25) is 0 Å². The maximum Gasteiger partial charge on any atom is 0.0832 e. The summed E-state index contributed by atoms with van der Waals surface area (Å²) < 4.78 is 2.33. The zero-order valence-corrected chi connectivity index (χ0v) is 12.7. The SMILES string of the molecule is CC(C)C(C)C(O)c1csc2c(Br)cccc12. The van der Waals surface area contributed by atoms with Gasteiger partial charge in [0.2, 0.25) is 0 Å². The molecule has 0 bridgehead atoms.